The Kier molecular flexibility index (Phi) is 4.89. The van der Waals surface area contributed by atoms with Gasteiger partial charge in [0, 0.05) is 30.8 Å². The molecule has 0 aliphatic carbocycles. The summed E-state index contributed by atoms with van der Waals surface area (Å²) in [5.41, 5.74) is 1.59. The Morgan fingerprint density at radius 2 is 2.07 bits per heavy atom. The zero-order valence-corrected chi connectivity index (χ0v) is 15.6. The maximum absolute atomic E-state index is 14.0. The number of piperidine rings is 1. The van der Waals surface area contributed by atoms with Gasteiger partial charge >= 0.3 is 0 Å². The Balaban J connectivity index is 1.51. The highest BCUT2D eigenvalue weighted by molar-refractivity contribution is 7.14. The van der Waals surface area contributed by atoms with Gasteiger partial charge in [0.15, 0.2) is 5.01 Å². The summed E-state index contributed by atoms with van der Waals surface area (Å²) >= 11 is 1.39. The van der Waals surface area contributed by atoms with Crippen molar-refractivity contribution in [2.75, 3.05) is 13.1 Å². The fourth-order valence-electron chi connectivity index (χ4n) is 3.17. The number of hydrogen-bond acceptors (Lipinski definition) is 6. The number of carbonyl (C=O) groups is 1. The Labute approximate surface area is 160 Å². The first-order valence-corrected chi connectivity index (χ1v) is 9.59. The SMILES string of the molecule is Cc1cnc(C(=O)N2CCCC(c3nnc(-c4ccccc4F)s3)C2)cn1. The van der Waals surface area contributed by atoms with E-state index in [1.165, 1.54) is 23.6 Å². The highest BCUT2D eigenvalue weighted by Crippen LogP contribution is 2.33. The van der Waals surface area contributed by atoms with Gasteiger partial charge in [-0.15, -0.1) is 10.2 Å². The number of carbonyl (C=O) groups excluding carboxylic acids is 1. The van der Waals surface area contributed by atoms with Crippen LogP contribution in [-0.4, -0.2) is 44.1 Å². The van der Waals surface area contributed by atoms with Crippen molar-refractivity contribution in [2.24, 2.45) is 0 Å². The molecule has 0 radical (unpaired) electrons. The van der Waals surface area contributed by atoms with Crippen LogP contribution < -0.4 is 0 Å². The Morgan fingerprint density at radius 3 is 2.85 bits per heavy atom. The van der Waals surface area contributed by atoms with E-state index < -0.39 is 0 Å². The fraction of sp³-hybridized carbons (Fsp3) is 0.316. The van der Waals surface area contributed by atoms with E-state index >= 15 is 0 Å². The molecule has 8 heteroatoms. The molecule has 6 nitrogen and oxygen atoms in total. The second-order valence-electron chi connectivity index (χ2n) is 6.56. The first-order valence-electron chi connectivity index (χ1n) is 8.78. The Hall–Kier alpha value is -2.74. The topological polar surface area (TPSA) is 71.9 Å². The summed E-state index contributed by atoms with van der Waals surface area (Å²) in [5, 5.41) is 9.83. The van der Waals surface area contributed by atoms with Crippen molar-refractivity contribution in [3.05, 3.63) is 58.9 Å². The minimum atomic E-state index is -0.307. The third kappa shape index (κ3) is 3.71. The van der Waals surface area contributed by atoms with Crippen molar-refractivity contribution < 1.29 is 9.18 Å². The summed E-state index contributed by atoms with van der Waals surface area (Å²) in [7, 11) is 0. The van der Waals surface area contributed by atoms with E-state index in [-0.39, 0.29) is 17.6 Å². The minimum absolute atomic E-state index is 0.0964. The van der Waals surface area contributed by atoms with Gasteiger partial charge in [-0.1, -0.05) is 23.5 Å². The smallest absolute Gasteiger partial charge is 0.274 e. The lowest BCUT2D eigenvalue weighted by Gasteiger charge is -2.31. The number of nitrogens with zero attached hydrogens (tertiary/aromatic N) is 5. The molecule has 1 aromatic carbocycles. The summed E-state index contributed by atoms with van der Waals surface area (Å²) in [6, 6.07) is 6.55. The van der Waals surface area contributed by atoms with Crippen LogP contribution in [0.5, 0.6) is 0 Å². The van der Waals surface area contributed by atoms with Crippen LogP contribution in [0.15, 0.2) is 36.7 Å². The first-order chi connectivity index (χ1) is 13.1. The number of aromatic nitrogens is 4. The van der Waals surface area contributed by atoms with E-state index in [0.29, 0.717) is 29.4 Å². The molecule has 27 heavy (non-hydrogen) atoms. The van der Waals surface area contributed by atoms with Gasteiger partial charge in [0.05, 0.1) is 11.9 Å². The van der Waals surface area contributed by atoms with Crippen LogP contribution in [0.4, 0.5) is 4.39 Å². The summed E-state index contributed by atoms with van der Waals surface area (Å²) in [6.07, 6.45) is 4.92. The molecule has 0 spiro atoms. The lowest BCUT2D eigenvalue weighted by Crippen LogP contribution is -2.39. The van der Waals surface area contributed by atoms with Crippen LogP contribution >= 0.6 is 11.3 Å². The predicted octanol–water partition coefficient (Wildman–Crippen LogP) is 3.46. The standard InChI is InChI=1S/C19H18FN5OS/c1-12-9-22-16(10-21-12)19(26)25-8-4-5-13(11-25)17-23-24-18(27-17)14-6-2-3-7-15(14)20/h2-3,6-7,9-10,13H,4-5,8,11H2,1H3. The number of amides is 1. The van der Waals surface area contributed by atoms with Crippen molar-refractivity contribution >= 4 is 17.2 Å². The van der Waals surface area contributed by atoms with Gasteiger partial charge in [-0.2, -0.15) is 0 Å². The number of halogens is 1. The quantitative estimate of drug-likeness (QED) is 0.693. The van der Waals surface area contributed by atoms with Gasteiger partial charge in [-0.05, 0) is 31.9 Å². The number of aryl methyl sites for hydroxylation is 1. The van der Waals surface area contributed by atoms with Crippen molar-refractivity contribution in [3.8, 4) is 10.6 Å². The lowest BCUT2D eigenvalue weighted by molar-refractivity contribution is 0.0700. The molecule has 0 bridgehead atoms. The third-order valence-corrected chi connectivity index (χ3v) is 5.72. The van der Waals surface area contributed by atoms with Gasteiger partial charge < -0.3 is 4.90 Å². The molecule has 2 aromatic heterocycles. The molecule has 0 saturated carbocycles. The summed E-state index contributed by atoms with van der Waals surface area (Å²) in [6.45, 7) is 3.07. The summed E-state index contributed by atoms with van der Waals surface area (Å²) < 4.78 is 14.0. The maximum atomic E-state index is 14.0. The molecule has 3 heterocycles. The third-order valence-electron chi connectivity index (χ3n) is 4.60. The largest absolute Gasteiger partial charge is 0.337 e. The second-order valence-corrected chi connectivity index (χ2v) is 7.57. The molecule has 1 fully saturated rings. The molecule has 4 rings (SSSR count). The van der Waals surface area contributed by atoms with Crippen LogP contribution in [0, 0.1) is 12.7 Å². The monoisotopic (exact) mass is 383 g/mol. The van der Waals surface area contributed by atoms with Crippen LogP contribution in [-0.2, 0) is 0 Å². The van der Waals surface area contributed by atoms with Crippen molar-refractivity contribution in [1.29, 1.82) is 0 Å². The average Bonchev–Trinajstić information content (AvgIpc) is 3.18. The maximum Gasteiger partial charge on any atom is 0.274 e. The Morgan fingerprint density at radius 1 is 1.22 bits per heavy atom. The fourth-order valence-corrected chi connectivity index (χ4v) is 4.17. The van der Waals surface area contributed by atoms with Gasteiger partial charge in [0.25, 0.3) is 5.91 Å². The number of likely N-dealkylation sites (tertiary alicyclic amines) is 1. The van der Waals surface area contributed by atoms with E-state index in [4.69, 9.17) is 0 Å². The van der Waals surface area contributed by atoms with E-state index in [9.17, 15) is 9.18 Å². The molecule has 1 aliphatic heterocycles. The van der Waals surface area contributed by atoms with Crippen LogP contribution in [0.3, 0.4) is 0 Å². The molecule has 1 aliphatic rings. The van der Waals surface area contributed by atoms with E-state index in [2.05, 4.69) is 20.2 Å². The number of hydrogen-bond donors (Lipinski definition) is 0. The molecular weight excluding hydrogens is 365 g/mol. The molecule has 1 amide bonds. The molecule has 3 aromatic rings. The normalized spacial score (nSPS) is 17.1. The highest BCUT2D eigenvalue weighted by atomic mass is 32.1. The van der Waals surface area contributed by atoms with Crippen LogP contribution in [0.25, 0.3) is 10.6 Å². The summed E-state index contributed by atoms with van der Waals surface area (Å²) in [4.78, 5) is 22.8. The molecule has 1 unspecified atom stereocenters. The second kappa shape index (κ2) is 7.48. The van der Waals surface area contributed by atoms with Crippen LogP contribution in [0.2, 0.25) is 0 Å². The first kappa shape index (κ1) is 17.7. The molecule has 1 atom stereocenters. The van der Waals surface area contributed by atoms with Gasteiger partial charge in [-0.3, -0.25) is 9.78 Å². The Bertz CT molecular complexity index is 959. The van der Waals surface area contributed by atoms with E-state index in [1.807, 2.05) is 6.92 Å². The zero-order valence-electron chi connectivity index (χ0n) is 14.8. The molecular formula is C19H18FN5OS. The van der Waals surface area contributed by atoms with Crippen molar-refractivity contribution in [3.63, 3.8) is 0 Å². The van der Waals surface area contributed by atoms with E-state index in [0.717, 1.165) is 23.5 Å². The number of rotatable bonds is 3. The highest BCUT2D eigenvalue weighted by Gasteiger charge is 2.28. The van der Waals surface area contributed by atoms with Crippen LogP contribution in [0.1, 0.15) is 39.9 Å². The minimum Gasteiger partial charge on any atom is -0.337 e. The van der Waals surface area contributed by atoms with Gasteiger partial charge in [0.1, 0.15) is 16.5 Å². The predicted molar refractivity (Wildman–Crippen MR) is 100.0 cm³/mol. The van der Waals surface area contributed by atoms with Gasteiger partial charge in [0.2, 0.25) is 0 Å². The zero-order chi connectivity index (χ0) is 18.8. The summed E-state index contributed by atoms with van der Waals surface area (Å²) in [5.74, 6) is -0.330. The average molecular weight is 383 g/mol. The molecule has 1 saturated heterocycles. The number of benzene rings is 1. The molecule has 138 valence electrons. The van der Waals surface area contributed by atoms with Crippen molar-refractivity contribution in [2.45, 2.75) is 25.7 Å². The van der Waals surface area contributed by atoms with E-state index in [1.54, 1.807) is 29.3 Å². The lowest BCUT2D eigenvalue weighted by atomic mass is 9.98. The molecule has 0 N–H and O–H groups in total. The van der Waals surface area contributed by atoms with Gasteiger partial charge in [-0.25, -0.2) is 9.37 Å². The van der Waals surface area contributed by atoms with Crippen molar-refractivity contribution in [1.82, 2.24) is 25.1 Å².